The minimum absolute atomic E-state index is 0.550. The van der Waals surface area contributed by atoms with E-state index in [0.29, 0.717) is 17.4 Å². The average molecular weight is 1160 g/mol. The Hall–Kier alpha value is -12.3. The molecule has 0 saturated heterocycles. The molecule has 0 unspecified atom stereocenters. The minimum atomic E-state index is 0.550. The monoisotopic (exact) mass is 1150 g/mol. The first-order chi connectivity index (χ1) is 44.6. The summed E-state index contributed by atoms with van der Waals surface area (Å²) in [5, 5.41) is 8.72. The molecule has 0 aliphatic rings. The maximum absolute atomic E-state index is 6.92. The number of anilines is 6. The van der Waals surface area contributed by atoms with E-state index in [2.05, 4.69) is 265 Å². The van der Waals surface area contributed by atoms with E-state index in [-0.39, 0.29) is 0 Å². The zero-order valence-corrected chi connectivity index (χ0v) is 48.3. The SMILES string of the molecule is c1ccc(-c2nc3cc4oc5c(-c6ccc(N(c7ccccc7)c7ccc(-c8ccc(-c9cccc(-c%10nc%11cc%12oc%13c(N(c%14ccccc%14)c%14cc%15ccccc%15c%15ccccc%14%15)cccc%13c%12cc%11o%10)c9)cc8)cc7)cc6)cccc5c4cc3o2)cc1. The van der Waals surface area contributed by atoms with Crippen LogP contribution in [-0.4, -0.2) is 9.97 Å². The fraction of sp³-hybridized carbons (Fsp3) is 0. The number of furan rings is 2. The summed E-state index contributed by atoms with van der Waals surface area (Å²) >= 11 is 0. The van der Waals surface area contributed by atoms with E-state index in [9.17, 15) is 0 Å². The largest absolute Gasteiger partial charge is 0.455 e. The molecule has 0 radical (unpaired) electrons. The van der Waals surface area contributed by atoms with E-state index >= 15 is 0 Å². The number of oxazole rings is 2. The third kappa shape index (κ3) is 8.60. The Labute approximate surface area is 516 Å². The van der Waals surface area contributed by atoms with Crippen molar-refractivity contribution in [2.24, 2.45) is 0 Å². The normalized spacial score (nSPS) is 11.8. The summed E-state index contributed by atoms with van der Waals surface area (Å²) in [6, 6.07) is 106. The molecule has 0 aliphatic carbocycles. The molecule has 4 heterocycles. The van der Waals surface area contributed by atoms with Crippen LogP contribution in [0.1, 0.15) is 0 Å². The first-order valence-electron chi connectivity index (χ1n) is 30.2. The zero-order chi connectivity index (χ0) is 59.2. The van der Waals surface area contributed by atoms with Gasteiger partial charge in [0.15, 0.2) is 16.7 Å². The van der Waals surface area contributed by atoms with Crippen LogP contribution < -0.4 is 9.80 Å². The van der Waals surface area contributed by atoms with Crippen LogP contribution >= 0.6 is 0 Å². The average Bonchev–Trinajstić information content (AvgIpc) is 1.71. The van der Waals surface area contributed by atoms with Gasteiger partial charge < -0.3 is 27.5 Å². The van der Waals surface area contributed by atoms with Gasteiger partial charge in [0.25, 0.3) is 0 Å². The Morgan fingerprint density at radius 1 is 0.233 bits per heavy atom. The van der Waals surface area contributed by atoms with Gasteiger partial charge in [-0.3, -0.25) is 0 Å². The van der Waals surface area contributed by atoms with E-state index in [1.54, 1.807) is 0 Å². The molecule has 0 atom stereocenters. The molecule has 18 aromatic rings. The fourth-order valence-corrected chi connectivity index (χ4v) is 13.2. The van der Waals surface area contributed by atoms with Crippen molar-refractivity contribution in [3.63, 3.8) is 0 Å². The molecule has 18 rings (SSSR count). The van der Waals surface area contributed by atoms with Gasteiger partial charge in [0.05, 0.1) is 11.4 Å². The second kappa shape index (κ2) is 20.7. The van der Waals surface area contributed by atoms with E-state index < -0.39 is 0 Å². The van der Waals surface area contributed by atoms with Crippen molar-refractivity contribution in [3.05, 3.63) is 303 Å². The Morgan fingerprint density at radius 3 is 1.34 bits per heavy atom. The molecule has 4 aromatic heterocycles. The van der Waals surface area contributed by atoms with Crippen molar-refractivity contribution < 1.29 is 17.7 Å². The van der Waals surface area contributed by atoms with E-state index in [4.69, 9.17) is 27.6 Å². The van der Waals surface area contributed by atoms with Crippen LogP contribution in [-0.2, 0) is 0 Å². The summed E-state index contributed by atoms with van der Waals surface area (Å²) < 4.78 is 26.4. The number of aromatic nitrogens is 2. The van der Waals surface area contributed by atoms with Gasteiger partial charge in [-0.05, 0) is 141 Å². The molecule has 0 spiro atoms. The highest BCUT2D eigenvalue weighted by molar-refractivity contribution is 6.18. The third-order valence-electron chi connectivity index (χ3n) is 17.5. The van der Waals surface area contributed by atoms with Crippen molar-refractivity contribution in [1.29, 1.82) is 0 Å². The standard InChI is InChI=1S/C82H50N4O4/c1-4-17-55(18-5-1)81-83-71-49-75-69(47-77(71)89-81)67-30-15-29-64(79(67)87-75)54-39-43-62(44-40-54)85(59-22-6-2-7-23-59)61-41-37-52(38-42-61)51-33-35-53(36-34-51)56-20-14-21-58(45-56)82-84-72-50-76-70(48-78(72)90-82)68-31-16-32-73(80(68)88-76)86(60-24-8-3-9-25-60)74-46-57-19-10-11-26-63(57)65-27-12-13-28-66(65)74/h1-50H. The van der Waals surface area contributed by atoms with Crippen molar-refractivity contribution >= 4 is 122 Å². The van der Waals surface area contributed by atoms with Crippen molar-refractivity contribution in [3.8, 4) is 56.3 Å². The molecule has 8 heteroatoms. The molecule has 0 bridgehead atoms. The van der Waals surface area contributed by atoms with Crippen LogP contribution in [0.2, 0.25) is 0 Å². The van der Waals surface area contributed by atoms with Crippen LogP contribution in [0.3, 0.4) is 0 Å². The topological polar surface area (TPSA) is 84.8 Å². The van der Waals surface area contributed by atoms with Gasteiger partial charge in [-0.1, -0.05) is 194 Å². The summed E-state index contributed by atoms with van der Waals surface area (Å²) in [7, 11) is 0. The molecular formula is C82H50N4O4. The molecule has 14 aromatic carbocycles. The quantitative estimate of drug-likeness (QED) is 0.118. The molecular weight excluding hydrogens is 1100 g/mol. The predicted molar refractivity (Wildman–Crippen MR) is 368 cm³/mol. The fourth-order valence-electron chi connectivity index (χ4n) is 13.2. The minimum Gasteiger partial charge on any atom is -0.455 e. The maximum atomic E-state index is 6.92. The first-order valence-corrected chi connectivity index (χ1v) is 30.2. The highest BCUT2D eigenvalue weighted by atomic mass is 16.4. The predicted octanol–water partition coefficient (Wildman–Crippen LogP) is 23.3. The van der Waals surface area contributed by atoms with Crippen molar-refractivity contribution in [2.45, 2.75) is 0 Å². The van der Waals surface area contributed by atoms with Crippen LogP contribution in [0.25, 0.3) is 144 Å². The first kappa shape index (κ1) is 51.0. The van der Waals surface area contributed by atoms with E-state index in [1.165, 1.54) is 16.2 Å². The molecule has 90 heavy (non-hydrogen) atoms. The summed E-state index contributed by atoms with van der Waals surface area (Å²) in [5.74, 6) is 1.14. The molecule has 8 nitrogen and oxygen atoms in total. The van der Waals surface area contributed by atoms with Gasteiger partial charge in [-0.25, -0.2) is 9.97 Å². The lowest BCUT2D eigenvalue weighted by atomic mass is 9.99. The van der Waals surface area contributed by atoms with Crippen molar-refractivity contribution in [2.75, 3.05) is 9.80 Å². The van der Waals surface area contributed by atoms with Gasteiger partial charge in [0, 0.05) is 78.5 Å². The summed E-state index contributed by atoms with van der Waals surface area (Å²) in [4.78, 5) is 14.5. The van der Waals surface area contributed by atoms with Gasteiger partial charge >= 0.3 is 0 Å². The molecule has 0 aliphatic heterocycles. The van der Waals surface area contributed by atoms with Crippen LogP contribution in [0, 0.1) is 0 Å². The van der Waals surface area contributed by atoms with E-state index in [0.717, 1.165) is 145 Å². The number of rotatable bonds is 11. The molecule has 0 saturated carbocycles. The summed E-state index contributed by atoms with van der Waals surface area (Å²) in [6.07, 6.45) is 0. The highest BCUT2D eigenvalue weighted by Crippen LogP contribution is 2.48. The number of nitrogens with zero attached hydrogens (tertiary/aromatic N) is 4. The number of hydrogen-bond acceptors (Lipinski definition) is 8. The third-order valence-corrected chi connectivity index (χ3v) is 17.5. The maximum Gasteiger partial charge on any atom is 0.227 e. The Kier molecular flexibility index (Phi) is 11.7. The Balaban J connectivity index is 0.611. The van der Waals surface area contributed by atoms with Gasteiger partial charge in [0.2, 0.25) is 11.8 Å². The van der Waals surface area contributed by atoms with E-state index in [1.807, 2.05) is 48.5 Å². The van der Waals surface area contributed by atoms with Gasteiger partial charge in [-0.2, -0.15) is 0 Å². The molecule has 0 amide bonds. The number of fused-ring (bicyclic) bond motifs is 11. The molecule has 422 valence electrons. The summed E-state index contributed by atoms with van der Waals surface area (Å²) in [6.45, 7) is 0. The lowest BCUT2D eigenvalue weighted by Crippen LogP contribution is -2.10. The van der Waals surface area contributed by atoms with Crippen LogP contribution in [0.5, 0.6) is 0 Å². The smallest absolute Gasteiger partial charge is 0.227 e. The number of benzene rings is 14. The van der Waals surface area contributed by atoms with Crippen molar-refractivity contribution in [1.82, 2.24) is 9.97 Å². The Morgan fingerprint density at radius 2 is 0.689 bits per heavy atom. The Bertz CT molecular complexity index is 5770. The second-order valence-corrected chi connectivity index (χ2v) is 22.8. The van der Waals surface area contributed by atoms with Gasteiger partial charge in [-0.15, -0.1) is 0 Å². The number of hydrogen-bond donors (Lipinski definition) is 0. The molecule has 0 N–H and O–H groups in total. The summed E-state index contributed by atoms with van der Waals surface area (Å²) in [5.41, 5.74) is 20.5. The van der Waals surface area contributed by atoms with Crippen LogP contribution in [0.4, 0.5) is 34.1 Å². The highest BCUT2D eigenvalue weighted by Gasteiger charge is 2.24. The zero-order valence-electron chi connectivity index (χ0n) is 48.3. The number of para-hydroxylation sites is 4. The lowest BCUT2D eigenvalue weighted by Gasteiger charge is -2.27. The lowest BCUT2D eigenvalue weighted by molar-refractivity contribution is 0.619. The van der Waals surface area contributed by atoms with Gasteiger partial charge in [0.1, 0.15) is 27.8 Å². The molecule has 0 fully saturated rings. The second-order valence-electron chi connectivity index (χ2n) is 22.8. The van der Waals surface area contributed by atoms with Crippen LogP contribution in [0.15, 0.2) is 321 Å².